The van der Waals surface area contributed by atoms with E-state index in [1.807, 2.05) is 16.0 Å². The van der Waals surface area contributed by atoms with Crippen molar-refractivity contribution >= 4 is 39.5 Å². The van der Waals surface area contributed by atoms with Crippen LogP contribution in [0, 0.1) is 0 Å². The zero-order chi connectivity index (χ0) is 11.1. The van der Waals surface area contributed by atoms with Crippen LogP contribution in [0.15, 0.2) is 24.0 Å². The molecule has 3 aromatic heterocycles. The Morgan fingerprint density at radius 3 is 3.00 bits per heavy atom. The molecule has 3 aromatic rings. The van der Waals surface area contributed by atoms with E-state index in [-0.39, 0.29) is 0 Å². The highest BCUT2D eigenvalue weighted by molar-refractivity contribution is 7.15. The smallest absolute Gasteiger partial charge is 0.195 e. The first-order chi connectivity index (χ1) is 7.79. The molecule has 16 heavy (non-hydrogen) atoms. The molecule has 0 atom stereocenters. The molecule has 0 aliphatic rings. The Hall–Kier alpha value is -1.04. The second kappa shape index (κ2) is 3.76. The Bertz CT molecular complexity index is 639. The predicted octanol–water partition coefficient (Wildman–Crippen LogP) is 2.97. The maximum atomic E-state index is 5.94. The monoisotopic (exact) mass is 272 g/mol. The number of rotatable bonds is 2. The van der Waals surface area contributed by atoms with Gasteiger partial charge >= 0.3 is 0 Å². The van der Waals surface area contributed by atoms with Gasteiger partial charge in [-0.15, -0.1) is 22.9 Å². The van der Waals surface area contributed by atoms with Gasteiger partial charge in [0.15, 0.2) is 10.8 Å². The van der Waals surface area contributed by atoms with Gasteiger partial charge in [-0.3, -0.25) is 4.40 Å². The van der Waals surface area contributed by atoms with Crippen LogP contribution < -0.4 is 0 Å². The maximum absolute atomic E-state index is 5.94. The number of alkyl halides is 1. The first kappa shape index (κ1) is 10.1. The Kier molecular flexibility index (Phi) is 2.38. The van der Waals surface area contributed by atoms with Crippen LogP contribution in [-0.4, -0.2) is 19.2 Å². The highest BCUT2D eigenvalue weighted by Gasteiger charge is 2.14. The van der Waals surface area contributed by atoms with Crippen molar-refractivity contribution in [2.75, 3.05) is 0 Å². The molecule has 0 aromatic carbocycles. The summed E-state index contributed by atoms with van der Waals surface area (Å²) in [5.74, 6) is 1.11. The van der Waals surface area contributed by atoms with Crippen LogP contribution in [0.2, 0.25) is 5.02 Å². The minimum atomic E-state index is 0.380. The SMILES string of the molecule is ClCc1c(-n2cc(Cl)cn2)nc2sccn12. The minimum absolute atomic E-state index is 0.380. The van der Waals surface area contributed by atoms with E-state index in [0.29, 0.717) is 10.9 Å². The zero-order valence-electron chi connectivity index (χ0n) is 7.97. The summed E-state index contributed by atoms with van der Waals surface area (Å²) < 4.78 is 3.60. The number of imidazole rings is 1. The van der Waals surface area contributed by atoms with Gasteiger partial charge in [-0.1, -0.05) is 11.6 Å². The lowest BCUT2D eigenvalue weighted by Gasteiger charge is -1.98. The fourth-order valence-electron chi connectivity index (χ4n) is 1.55. The Morgan fingerprint density at radius 1 is 1.44 bits per heavy atom. The maximum Gasteiger partial charge on any atom is 0.195 e. The van der Waals surface area contributed by atoms with Crippen LogP contribution in [0.3, 0.4) is 0 Å². The first-order valence-electron chi connectivity index (χ1n) is 4.50. The molecule has 0 spiro atoms. The third-order valence-electron chi connectivity index (χ3n) is 2.23. The third kappa shape index (κ3) is 1.43. The molecule has 0 radical (unpaired) electrons. The molecule has 0 bridgehead atoms. The number of nitrogens with zero attached hydrogens (tertiary/aromatic N) is 4. The molecule has 7 heteroatoms. The topological polar surface area (TPSA) is 35.1 Å². The van der Waals surface area contributed by atoms with Crippen LogP contribution >= 0.6 is 34.5 Å². The second-order valence-corrected chi connectivity index (χ2v) is 4.75. The lowest BCUT2D eigenvalue weighted by atomic mass is 10.5. The summed E-state index contributed by atoms with van der Waals surface area (Å²) in [6.45, 7) is 0. The highest BCUT2D eigenvalue weighted by Crippen LogP contribution is 2.22. The van der Waals surface area contributed by atoms with Crippen molar-refractivity contribution in [3.63, 3.8) is 0 Å². The number of fused-ring (bicyclic) bond motifs is 1. The first-order valence-corrected chi connectivity index (χ1v) is 6.30. The van der Waals surface area contributed by atoms with E-state index in [0.717, 1.165) is 16.5 Å². The molecule has 0 aliphatic carbocycles. The molecule has 0 fully saturated rings. The standard InChI is InChI=1S/C9H6Cl2N4S/c10-3-7-8(15-5-6(11)4-12-15)13-9-14(7)1-2-16-9/h1-2,4-5H,3H2. The molecule has 4 nitrogen and oxygen atoms in total. The summed E-state index contributed by atoms with van der Waals surface area (Å²) in [4.78, 5) is 5.37. The predicted molar refractivity (Wildman–Crippen MR) is 64.8 cm³/mol. The molecule has 82 valence electrons. The van der Waals surface area contributed by atoms with Crippen LogP contribution in [0.5, 0.6) is 0 Å². The molecular weight excluding hydrogens is 267 g/mol. The van der Waals surface area contributed by atoms with Crippen molar-refractivity contribution in [3.05, 3.63) is 34.7 Å². The number of aromatic nitrogens is 4. The van der Waals surface area contributed by atoms with Crippen LogP contribution in [-0.2, 0) is 5.88 Å². The Labute approximate surface area is 105 Å². The van der Waals surface area contributed by atoms with Crippen molar-refractivity contribution in [2.24, 2.45) is 0 Å². The van der Waals surface area contributed by atoms with Crippen molar-refractivity contribution in [3.8, 4) is 5.82 Å². The van der Waals surface area contributed by atoms with E-state index in [1.54, 1.807) is 28.4 Å². The quantitative estimate of drug-likeness (QED) is 0.673. The van der Waals surface area contributed by atoms with Crippen LogP contribution in [0.1, 0.15) is 5.69 Å². The Balaban J connectivity index is 2.26. The number of thiazole rings is 1. The van der Waals surface area contributed by atoms with Crippen molar-refractivity contribution in [1.29, 1.82) is 0 Å². The molecular formula is C9H6Cl2N4S. The summed E-state index contributed by atoms with van der Waals surface area (Å²) in [7, 11) is 0. The highest BCUT2D eigenvalue weighted by atomic mass is 35.5. The fraction of sp³-hybridized carbons (Fsp3) is 0.111. The summed E-state index contributed by atoms with van der Waals surface area (Å²) in [5, 5.41) is 6.68. The van der Waals surface area contributed by atoms with E-state index in [2.05, 4.69) is 10.1 Å². The van der Waals surface area contributed by atoms with Gasteiger partial charge in [0.2, 0.25) is 0 Å². The van der Waals surface area contributed by atoms with Gasteiger partial charge in [0.05, 0.1) is 29.0 Å². The molecule has 0 saturated carbocycles. The Morgan fingerprint density at radius 2 is 2.31 bits per heavy atom. The summed E-state index contributed by atoms with van der Waals surface area (Å²) in [6, 6.07) is 0. The molecule has 3 heterocycles. The molecule has 0 N–H and O–H groups in total. The number of hydrogen-bond donors (Lipinski definition) is 0. The second-order valence-electron chi connectivity index (χ2n) is 3.17. The van der Waals surface area contributed by atoms with E-state index in [4.69, 9.17) is 23.2 Å². The van der Waals surface area contributed by atoms with E-state index >= 15 is 0 Å². The van der Waals surface area contributed by atoms with Gasteiger partial charge < -0.3 is 0 Å². The lowest BCUT2D eigenvalue weighted by molar-refractivity contribution is 0.843. The van der Waals surface area contributed by atoms with E-state index in [9.17, 15) is 0 Å². The van der Waals surface area contributed by atoms with Gasteiger partial charge in [0.1, 0.15) is 0 Å². The van der Waals surface area contributed by atoms with Gasteiger partial charge in [-0.25, -0.2) is 4.68 Å². The normalized spacial score (nSPS) is 11.4. The van der Waals surface area contributed by atoms with Crippen molar-refractivity contribution in [1.82, 2.24) is 19.2 Å². The molecule has 0 amide bonds. The molecule has 3 rings (SSSR count). The van der Waals surface area contributed by atoms with Crippen molar-refractivity contribution < 1.29 is 0 Å². The van der Waals surface area contributed by atoms with E-state index < -0.39 is 0 Å². The largest absolute Gasteiger partial charge is 0.291 e. The lowest BCUT2D eigenvalue weighted by Crippen LogP contribution is -1.99. The van der Waals surface area contributed by atoms with Gasteiger partial charge in [0.25, 0.3) is 0 Å². The fourth-order valence-corrected chi connectivity index (χ4v) is 2.66. The summed E-state index contributed by atoms with van der Waals surface area (Å²) in [6.07, 6.45) is 5.23. The van der Waals surface area contributed by atoms with Crippen LogP contribution in [0.4, 0.5) is 0 Å². The van der Waals surface area contributed by atoms with Crippen LogP contribution in [0.25, 0.3) is 10.8 Å². The molecule has 0 saturated heterocycles. The average molecular weight is 273 g/mol. The minimum Gasteiger partial charge on any atom is -0.291 e. The third-order valence-corrected chi connectivity index (χ3v) is 3.44. The average Bonchev–Trinajstić information content (AvgIpc) is 2.90. The van der Waals surface area contributed by atoms with Gasteiger partial charge in [-0.2, -0.15) is 10.1 Å². The van der Waals surface area contributed by atoms with Gasteiger partial charge in [-0.05, 0) is 0 Å². The summed E-state index contributed by atoms with van der Waals surface area (Å²) >= 11 is 13.3. The molecule has 0 aliphatic heterocycles. The molecule has 0 unspecified atom stereocenters. The zero-order valence-corrected chi connectivity index (χ0v) is 10.3. The van der Waals surface area contributed by atoms with Gasteiger partial charge in [0, 0.05) is 11.6 Å². The summed E-state index contributed by atoms with van der Waals surface area (Å²) in [5.41, 5.74) is 0.915. The number of hydrogen-bond acceptors (Lipinski definition) is 3. The van der Waals surface area contributed by atoms with Crippen molar-refractivity contribution in [2.45, 2.75) is 5.88 Å². The van der Waals surface area contributed by atoms with E-state index in [1.165, 1.54) is 0 Å². The number of halogens is 2.